The summed E-state index contributed by atoms with van der Waals surface area (Å²) in [6.07, 6.45) is 1.67. The van der Waals surface area contributed by atoms with Gasteiger partial charge in [0.25, 0.3) is 0 Å². The monoisotopic (exact) mass is 388 g/mol. The number of ether oxygens (including phenoxy) is 1. The van der Waals surface area contributed by atoms with E-state index in [0.717, 1.165) is 5.56 Å². The minimum atomic E-state index is -3.66. The topological polar surface area (TPSA) is 59.5 Å². The summed E-state index contributed by atoms with van der Waals surface area (Å²) >= 11 is 1.55. The summed E-state index contributed by atoms with van der Waals surface area (Å²) in [4.78, 5) is 4.51. The molecule has 2 heterocycles. The third-order valence-corrected chi connectivity index (χ3v) is 6.31. The quantitative estimate of drug-likeness (QED) is 0.587. The van der Waals surface area contributed by atoms with E-state index in [1.807, 2.05) is 41.9 Å². The maximum Gasteiger partial charge on any atom is 0.243 e. The molecule has 3 aromatic rings. The van der Waals surface area contributed by atoms with Gasteiger partial charge < -0.3 is 4.74 Å². The Morgan fingerprint density at radius 1 is 1.08 bits per heavy atom. The third-order valence-electron chi connectivity index (χ3n) is 3.78. The van der Waals surface area contributed by atoms with E-state index in [4.69, 9.17) is 4.74 Å². The van der Waals surface area contributed by atoms with Crippen molar-refractivity contribution in [1.29, 1.82) is 0 Å². The van der Waals surface area contributed by atoms with Crippen LogP contribution in [0.1, 0.15) is 18.2 Å². The van der Waals surface area contributed by atoms with Gasteiger partial charge >= 0.3 is 0 Å². The summed E-state index contributed by atoms with van der Waals surface area (Å²) < 4.78 is 33.2. The largest absolute Gasteiger partial charge is 0.494 e. The highest BCUT2D eigenvalue weighted by Gasteiger charge is 2.25. The maximum absolute atomic E-state index is 13.2. The van der Waals surface area contributed by atoms with E-state index in [-0.39, 0.29) is 11.4 Å². The Bertz CT molecular complexity index is 909. The van der Waals surface area contributed by atoms with Crippen molar-refractivity contribution in [3.8, 4) is 5.75 Å². The van der Waals surface area contributed by atoms with Gasteiger partial charge in [-0.2, -0.15) is 15.6 Å². The number of sulfonamides is 1. The molecule has 2 aromatic heterocycles. The van der Waals surface area contributed by atoms with Crippen LogP contribution in [0.4, 0.5) is 0 Å². The maximum atomic E-state index is 13.2. The molecule has 0 bridgehead atoms. The fourth-order valence-corrected chi connectivity index (χ4v) is 4.57. The van der Waals surface area contributed by atoms with Crippen molar-refractivity contribution in [3.05, 3.63) is 76.7 Å². The van der Waals surface area contributed by atoms with Gasteiger partial charge in [-0.05, 0) is 65.7 Å². The highest BCUT2D eigenvalue weighted by molar-refractivity contribution is 7.89. The molecular weight excluding hydrogens is 368 g/mol. The zero-order chi connectivity index (χ0) is 18.4. The number of pyridine rings is 1. The van der Waals surface area contributed by atoms with E-state index in [0.29, 0.717) is 24.6 Å². The molecule has 26 heavy (non-hydrogen) atoms. The molecule has 0 unspecified atom stereocenters. The second kappa shape index (κ2) is 8.44. The minimum Gasteiger partial charge on any atom is -0.494 e. The Morgan fingerprint density at radius 3 is 2.50 bits per heavy atom. The summed E-state index contributed by atoms with van der Waals surface area (Å²) in [7, 11) is -3.66. The van der Waals surface area contributed by atoms with Crippen LogP contribution in [0.15, 0.2) is 70.4 Å². The van der Waals surface area contributed by atoms with Gasteiger partial charge in [0.15, 0.2) is 0 Å². The van der Waals surface area contributed by atoms with E-state index >= 15 is 0 Å². The molecule has 0 fully saturated rings. The molecule has 7 heteroatoms. The first-order chi connectivity index (χ1) is 12.6. The summed E-state index contributed by atoms with van der Waals surface area (Å²) in [6.45, 7) is 2.94. The van der Waals surface area contributed by atoms with Crippen molar-refractivity contribution in [2.24, 2.45) is 0 Å². The Kier molecular flexibility index (Phi) is 6.03. The van der Waals surface area contributed by atoms with Crippen LogP contribution in [0.5, 0.6) is 5.75 Å². The number of thiophene rings is 1. The van der Waals surface area contributed by atoms with Crippen molar-refractivity contribution < 1.29 is 13.2 Å². The molecular formula is C19H20N2O3S2. The number of hydrogen-bond donors (Lipinski definition) is 0. The number of nitrogens with zero attached hydrogens (tertiary/aromatic N) is 2. The Labute approximate surface area is 157 Å². The van der Waals surface area contributed by atoms with Gasteiger partial charge in [0.05, 0.1) is 23.7 Å². The fourth-order valence-electron chi connectivity index (χ4n) is 2.51. The van der Waals surface area contributed by atoms with Crippen molar-refractivity contribution in [3.63, 3.8) is 0 Å². The summed E-state index contributed by atoms with van der Waals surface area (Å²) in [6, 6.07) is 14.0. The van der Waals surface area contributed by atoms with Crippen molar-refractivity contribution in [2.75, 3.05) is 6.61 Å². The Morgan fingerprint density at radius 2 is 1.88 bits per heavy atom. The zero-order valence-corrected chi connectivity index (χ0v) is 16.0. The molecule has 0 saturated heterocycles. The summed E-state index contributed by atoms with van der Waals surface area (Å²) in [5.74, 6) is 0.653. The molecule has 5 nitrogen and oxygen atoms in total. The van der Waals surface area contributed by atoms with E-state index in [9.17, 15) is 8.42 Å². The number of benzene rings is 1. The highest BCUT2D eigenvalue weighted by atomic mass is 32.2. The average Bonchev–Trinajstić information content (AvgIpc) is 3.16. The normalized spacial score (nSPS) is 11.6. The summed E-state index contributed by atoms with van der Waals surface area (Å²) in [5.41, 5.74) is 1.66. The van der Waals surface area contributed by atoms with Crippen molar-refractivity contribution in [1.82, 2.24) is 9.29 Å². The second-order valence-electron chi connectivity index (χ2n) is 5.63. The predicted octanol–water partition coefficient (Wildman–Crippen LogP) is 3.93. The van der Waals surface area contributed by atoms with E-state index in [2.05, 4.69) is 4.98 Å². The van der Waals surface area contributed by atoms with Gasteiger partial charge in [-0.15, -0.1) is 0 Å². The standard InChI is InChI=1S/C19H20N2O3S2/c1-2-24-18-6-8-19(9-7-18)26(22,23)21(13-16-10-12-25-15-16)14-17-5-3-4-11-20-17/h3-12,15H,2,13-14H2,1H3. The van der Waals surface area contributed by atoms with Crippen LogP contribution >= 0.6 is 11.3 Å². The van der Waals surface area contributed by atoms with Crippen LogP contribution in [0.2, 0.25) is 0 Å². The molecule has 0 N–H and O–H groups in total. The number of rotatable bonds is 8. The summed E-state index contributed by atoms with van der Waals surface area (Å²) in [5, 5.41) is 3.90. The fraction of sp³-hybridized carbons (Fsp3) is 0.211. The number of aromatic nitrogens is 1. The van der Waals surface area contributed by atoms with Crippen molar-refractivity contribution >= 4 is 21.4 Å². The van der Waals surface area contributed by atoms with Gasteiger partial charge in [0, 0.05) is 12.7 Å². The lowest BCUT2D eigenvalue weighted by Gasteiger charge is -2.21. The molecule has 0 saturated carbocycles. The smallest absolute Gasteiger partial charge is 0.243 e. The molecule has 0 aliphatic rings. The average molecular weight is 389 g/mol. The van der Waals surface area contributed by atoms with Crippen LogP contribution in [-0.4, -0.2) is 24.3 Å². The van der Waals surface area contributed by atoms with Gasteiger partial charge in [0.2, 0.25) is 10.0 Å². The first-order valence-corrected chi connectivity index (χ1v) is 10.6. The molecule has 0 amide bonds. The van der Waals surface area contributed by atoms with Crippen LogP contribution in [0.25, 0.3) is 0 Å². The van der Waals surface area contributed by atoms with Gasteiger partial charge in [-0.25, -0.2) is 8.42 Å². The third kappa shape index (κ3) is 4.49. The minimum absolute atomic E-state index is 0.215. The second-order valence-corrected chi connectivity index (χ2v) is 8.35. The predicted molar refractivity (Wildman–Crippen MR) is 103 cm³/mol. The SMILES string of the molecule is CCOc1ccc(S(=O)(=O)N(Cc2ccsc2)Cc2ccccn2)cc1. The van der Waals surface area contributed by atoms with Gasteiger partial charge in [-0.3, -0.25) is 4.98 Å². The number of hydrogen-bond acceptors (Lipinski definition) is 5. The molecule has 1 aromatic carbocycles. The lowest BCUT2D eigenvalue weighted by atomic mass is 10.3. The van der Waals surface area contributed by atoms with E-state index in [1.54, 1.807) is 41.8 Å². The van der Waals surface area contributed by atoms with E-state index in [1.165, 1.54) is 4.31 Å². The Hall–Kier alpha value is -2.22. The lowest BCUT2D eigenvalue weighted by Crippen LogP contribution is -2.30. The van der Waals surface area contributed by atoms with E-state index < -0.39 is 10.0 Å². The van der Waals surface area contributed by atoms with Crippen molar-refractivity contribution in [2.45, 2.75) is 24.9 Å². The Balaban J connectivity index is 1.90. The lowest BCUT2D eigenvalue weighted by molar-refractivity contribution is 0.340. The molecule has 0 aliphatic carbocycles. The first-order valence-electron chi connectivity index (χ1n) is 8.23. The molecule has 0 aliphatic heterocycles. The highest BCUT2D eigenvalue weighted by Crippen LogP contribution is 2.23. The van der Waals surface area contributed by atoms with Crippen LogP contribution in [0, 0.1) is 0 Å². The first kappa shape index (κ1) is 18.6. The van der Waals surface area contributed by atoms with Crippen LogP contribution < -0.4 is 4.74 Å². The van der Waals surface area contributed by atoms with Crippen LogP contribution in [-0.2, 0) is 23.1 Å². The molecule has 136 valence electrons. The van der Waals surface area contributed by atoms with Gasteiger partial charge in [0.1, 0.15) is 5.75 Å². The molecule has 0 atom stereocenters. The molecule has 0 radical (unpaired) electrons. The van der Waals surface area contributed by atoms with Gasteiger partial charge in [-0.1, -0.05) is 6.07 Å². The zero-order valence-electron chi connectivity index (χ0n) is 14.4. The molecule has 0 spiro atoms. The van der Waals surface area contributed by atoms with Crippen LogP contribution in [0.3, 0.4) is 0 Å². The molecule has 3 rings (SSSR count).